The number of primary amides is 1. The van der Waals surface area contributed by atoms with Crippen LogP contribution in [-0.2, 0) is 154 Å². The molecule has 9 N–H and O–H groups in total. The van der Waals surface area contributed by atoms with Crippen molar-refractivity contribution in [2.24, 2.45) is 40.5 Å². The first-order valence-corrected chi connectivity index (χ1v) is 56.4. The average molecular weight is 2180 g/mol. The van der Waals surface area contributed by atoms with E-state index in [1.165, 1.54) is 67.2 Å². The topological polar surface area (TPSA) is 614 Å². The molecule has 58 heteroatoms. The van der Waals surface area contributed by atoms with Crippen LogP contribution in [0.3, 0.4) is 0 Å². The summed E-state index contributed by atoms with van der Waals surface area (Å²) in [6.07, 6.45) is -5.01. The zero-order valence-electron chi connectivity index (χ0n) is 83.0. The predicted molar refractivity (Wildman–Crippen MR) is 512 cm³/mol. The Hall–Kier alpha value is -7.48. The van der Waals surface area contributed by atoms with Crippen LogP contribution in [0.4, 0.5) is 32.3 Å². The quantitative estimate of drug-likeness (QED) is 0.00315. The number of amides is 4. The van der Waals surface area contributed by atoms with Crippen LogP contribution in [0.25, 0.3) is 0 Å². The molecular weight excluding hydrogens is 2040 g/mol. The van der Waals surface area contributed by atoms with Gasteiger partial charge in [0.05, 0.1) is 146 Å². The molecule has 4 heterocycles. The molecule has 4 saturated heterocycles. The minimum absolute atomic E-state index is 0.0357. The molecule has 4 aliphatic heterocycles. The van der Waals surface area contributed by atoms with Crippen LogP contribution < -0.4 is 37.2 Å². The molecule has 814 valence electrons. The number of ether oxygens (including phenoxy) is 9. The molecule has 10 atom stereocenters. The van der Waals surface area contributed by atoms with Crippen LogP contribution in [0.2, 0.25) is 0 Å². The normalized spacial score (nSPS) is 17.9. The van der Waals surface area contributed by atoms with Gasteiger partial charge in [-0.05, 0) is 179 Å². The molecule has 0 bridgehead atoms. The van der Waals surface area contributed by atoms with Crippen molar-refractivity contribution in [1.82, 2.24) is 24.7 Å². The van der Waals surface area contributed by atoms with E-state index in [0.717, 1.165) is 17.4 Å². The van der Waals surface area contributed by atoms with Crippen molar-refractivity contribution in [2.75, 3.05) is 145 Å². The number of aliphatic hydroxyl groups excluding tert-OH is 2. The summed E-state index contributed by atoms with van der Waals surface area (Å²) in [6.45, 7) is 28.2. The summed E-state index contributed by atoms with van der Waals surface area (Å²) in [7, 11) is -24.6. The Bertz CT molecular complexity index is 5010. The van der Waals surface area contributed by atoms with Crippen molar-refractivity contribution < 1.29 is 193 Å². The van der Waals surface area contributed by atoms with Gasteiger partial charge in [0.15, 0.2) is 31.6 Å². The average Bonchev–Trinajstić information content (AvgIpc) is 1.23. The van der Waals surface area contributed by atoms with Gasteiger partial charge in [0.25, 0.3) is 0 Å². The fourth-order valence-corrected chi connectivity index (χ4v) is 22.2. The number of nitrogens with one attached hydrogen (secondary N) is 3. The number of halogens is 3. The number of alkyl halides is 3. The summed E-state index contributed by atoms with van der Waals surface area (Å²) in [5.41, 5.74) is 2.72. The Morgan fingerprint density at radius 1 is 0.531 bits per heavy atom. The van der Waals surface area contributed by atoms with Gasteiger partial charge >= 0.3 is 92.5 Å². The number of carbonyl (C=O) groups excluding carboxylic acids is 5. The Morgan fingerprint density at radius 3 is 1.20 bits per heavy atom. The van der Waals surface area contributed by atoms with Crippen LogP contribution in [-0.4, -0.2) is 293 Å². The first-order valence-electron chi connectivity index (χ1n) is 45.2. The van der Waals surface area contributed by atoms with Crippen molar-refractivity contribution >= 4 is 104 Å². The third kappa shape index (κ3) is 47.7. The van der Waals surface area contributed by atoms with Crippen molar-refractivity contribution in [2.45, 2.75) is 200 Å². The number of aliphatic hydroxyl groups is 2. The first kappa shape index (κ1) is 130. The van der Waals surface area contributed by atoms with Gasteiger partial charge in [-0.2, -0.15) is 35.7 Å². The molecule has 143 heavy (non-hydrogen) atoms. The fourth-order valence-electron chi connectivity index (χ4n) is 13.1. The molecule has 4 fully saturated rings. The number of nitrogens with zero attached hydrogens (tertiary/aromatic N) is 3. The van der Waals surface area contributed by atoms with E-state index in [-0.39, 0.29) is 152 Å². The molecule has 0 aromatic heterocycles. The van der Waals surface area contributed by atoms with E-state index in [9.17, 15) is 90.9 Å². The Labute approximate surface area is 833 Å². The summed E-state index contributed by atoms with van der Waals surface area (Å²) in [5, 5.41) is 32.4. The Kier molecular flexibility index (Phi) is 58.7. The standard InChI is InChI=1S/C34H50N3O12PS.C29H38N2O9S.C10H22NO6P.C6H12F3O6PS.C5H14NO4P.CH2BNO2/c1-6-47-50(40,48-7-2)23-46-35-19-26-10-8-25(9-11-26)18-30(36-34(39)49-32-22-45-33-29(32)16-17-44-33)31(38)21-37(20-24(3)4)51(41,42)28-14-12-27(43-5)13-15-28;1-19(2)15-31(41(35,36)23-10-8-22(37-3)9-11-23)16-26(33)25(14-20-4-6-21(17-32)7-5-20)30-29(34)40-27-18-39-28-24(27)12-13-38-28;1-6-15-18(13,16-7-2)8-14-11-9(12)17-10(3,4)5;1-3-13-16(10,14-4-2)5-15-17(11,12)6(7,8)9;1-3-9-11(7,5-8-6)10-4-2;3-1(4)2-5/h8-15,19,24,29-33,38H,6-7,16-18,20-23H2,1-5H3,(H,36,39);4-11,17,19,24-28,33H,12-16,18H2,1-3H3,(H,30,34);6-8H2,1-5H3,(H,11,12);3-5H2,1-2H3;3-6H2,1-2H3;(H2,3,4)/b35-19+;;;;;/t29-,30-,31+,32-,33+;24-,25-,26+,27-,28+;;;;/m00..../s1. The maximum absolute atomic E-state index is 13.8. The second-order valence-corrected chi connectivity index (χ2v) is 46.0. The molecule has 0 unspecified atom stereocenters. The predicted octanol–water partition coefficient (Wildman–Crippen LogP) is 11.9. The number of alkyl carbamates (subject to hydrolysis) is 2. The number of sulfonamides is 2. The Balaban J connectivity index is 0.000000502. The maximum atomic E-state index is 13.8. The molecule has 0 spiro atoms. The van der Waals surface area contributed by atoms with Crippen LogP contribution in [0.5, 0.6) is 11.5 Å². The van der Waals surface area contributed by atoms with E-state index in [1.807, 2.05) is 33.2 Å². The van der Waals surface area contributed by atoms with Gasteiger partial charge in [-0.15, -0.1) is 0 Å². The van der Waals surface area contributed by atoms with Gasteiger partial charge in [0, 0.05) is 31.7 Å². The van der Waals surface area contributed by atoms with Crippen LogP contribution in [0.1, 0.15) is 144 Å². The number of oxime groups is 1. The minimum atomic E-state index is -5.80. The zero-order chi connectivity index (χ0) is 108. The number of methoxy groups -OCH3 is 2. The summed E-state index contributed by atoms with van der Waals surface area (Å²) in [5.74, 6) is 4.60. The zero-order valence-corrected chi connectivity index (χ0v) is 89.0. The van der Waals surface area contributed by atoms with E-state index in [0.29, 0.717) is 61.9 Å². The molecule has 0 radical (unpaired) electrons. The second kappa shape index (κ2) is 64.7. The molecule has 4 aromatic rings. The summed E-state index contributed by atoms with van der Waals surface area (Å²) in [4.78, 5) is 72.0. The molecule has 0 saturated carbocycles. The monoisotopic (exact) mass is 2180 g/mol. The molecule has 8 rings (SSSR count). The molecule has 4 aliphatic rings. The van der Waals surface area contributed by atoms with Crippen molar-refractivity contribution in [1.29, 1.82) is 0 Å². The number of hydrogen-bond donors (Lipinski definition) is 7. The van der Waals surface area contributed by atoms with Crippen molar-refractivity contribution in [3.05, 3.63) is 119 Å². The van der Waals surface area contributed by atoms with Gasteiger partial charge in [-0.25, -0.2) is 37.1 Å². The number of carbonyl (C=O) groups is 5. The van der Waals surface area contributed by atoms with Gasteiger partial charge in [0.1, 0.15) is 35.6 Å². The molecule has 4 aromatic carbocycles. The SMILES string of the molecule is CCOP(=O)(CO/N=C/c1ccc(C[C@H](NC(=O)O[C@H]2CO[C@H]3OCC[C@H]32)[C@H](O)CN(CC(C)C)S(=O)(=O)c2ccc(OC)cc2)cc1)OCC.CCOP(=O)(CON)OCC.CCOP(=O)(CONC(=O)OC(C)(C)C)OCC.CCOP(=O)(COS(=O)(=O)C(F)(F)F)OCC.COc1ccc(S(=O)(=O)N(CC(C)C)C[C@@H](O)[C@H](Cc2ccc(C=O)cc2)NC(=O)O[C@H]2CO[C@H]3OCC[C@H]32)cc1.NC(=O)B=O. The number of hydrogen-bond acceptors (Lipinski definition) is 41. The van der Waals surface area contributed by atoms with Crippen LogP contribution in [0, 0.1) is 23.7 Å². The summed E-state index contributed by atoms with van der Waals surface area (Å²) >= 11 is 0. The third-order valence-electron chi connectivity index (χ3n) is 19.2. The van der Waals surface area contributed by atoms with Gasteiger partial charge in [0.2, 0.25) is 26.4 Å². The van der Waals surface area contributed by atoms with Crippen LogP contribution >= 0.6 is 30.4 Å². The van der Waals surface area contributed by atoms with Gasteiger partial charge in [-0.1, -0.05) is 81.4 Å². The third-order valence-corrected chi connectivity index (χ3v) is 31.1. The number of rotatable bonds is 54. The first-order chi connectivity index (χ1) is 67.2. The van der Waals surface area contributed by atoms with Gasteiger partial charge < -0.3 is 105 Å². The summed E-state index contributed by atoms with van der Waals surface area (Å²) in [6, 6.07) is 24.0. The van der Waals surface area contributed by atoms with Crippen LogP contribution in [0.15, 0.2) is 112 Å². The number of fused-ring (bicyclic) bond motifs is 2. The fraction of sp³-hybridized carbons (Fsp3) is 0.647. The number of hydroxylamine groups is 1. The summed E-state index contributed by atoms with van der Waals surface area (Å²) < 4.78 is 262. The van der Waals surface area contributed by atoms with E-state index >= 15 is 0 Å². The van der Waals surface area contributed by atoms with Crippen molar-refractivity contribution in [3.63, 3.8) is 0 Å². The number of nitrogens with two attached hydrogens (primary N) is 2. The van der Waals surface area contributed by atoms with E-state index in [1.54, 1.807) is 135 Å². The van der Waals surface area contributed by atoms with E-state index in [4.69, 9.17) is 90.1 Å². The van der Waals surface area contributed by atoms with Gasteiger partial charge in [-0.3, -0.25) is 36.9 Å². The molecule has 4 amide bonds. The van der Waals surface area contributed by atoms with Crippen molar-refractivity contribution in [3.8, 4) is 11.5 Å². The molecule has 0 aliphatic carbocycles. The molecule has 47 nitrogen and oxygen atoms in total. The molecular formula is C85H138BF3N8O39P4S3. The van der Waals surface area contributed by atoms with E-state index < -0.39 is 151 Å². The number of aldehydes is 1. The number of benzene rings is 4. The van der Waals surface area contributed by atoms with E-state index in [2.05, 4.69) is 39.6 Å². The second-order valence-electron chi connectivity index (χ2n) is 32.5. The Morgan fingerprint density at radius 2 is 0.881 bits per heavy atom.